The molecule has 0 atom stereocenters. The summed E-state index contributed by atoms with van der Waals surface area (Å²) in [6.45, 7) is 0.858. The summed E-state index contributed by atoms with van der Waals surface area (Å²) >= 11 is 0. The molecule has 194 valence electrons. The number of carbonyl (C=O) groups is 1. The van der Waals surface area contributed by atoms with E-state index in [1.54, 1.807) is 18.2 Å². The van der Waals surface area contributed by atoms with Crippen molar-refractivity contribution in [3.8, 4) is 11.5 Å². The molecule has 0 radical (unpaired) electrons. The number of anilines is 1. The molecule has 0 saturated carbocycles. The van der Waals surface area contributed by atoms with Crippen molar-refractivity contribution in [1.29, 1.82) is 0 Å². The second-order valence-electron chi connectivity index (χ2n) is 7.60. The van der Waals surface area contributed by atoms with Crippen LogP contribution in [0.15, 0.2) is 69.2 Å². The number of nitrogens with one attached hydrogen (secondary N) is 1. The van der Waals surface area contributed by atoms with E-state index in [0.29, 0.717) is 5.56 Å². The quantitative estimate of drug-likeness (QED) is 0.143. The fourth-order valence-corrected chi connectivity index (χ4v) is 4.85. The smallest absolute Gasteiger partial charge is 0.379 e. The van der Waals surface area contributed by atoms with Gasteiger partial charge in [-0.15, -0.1) is 0 Å². The van der Waals surface area contributed by atoms with Crippen LogP contribution in [0.3, 0.4) is 0 Å². The van der Waals surface area contributed by atoms with E-state index in [4.69, 9.17) is 18.6 Å². The first-order valence-electron chi connectivity index (χ1n) is 10.9. The molecule has 0 aliphatic carbocycles. The molecule has 14 heteroatoms. The molecule has 1 saturated heterocycles. The molecule has 4 rings (SSSR count). The third-order valence-corrected chi connectivity index (χ3v) is 7.18. The highest BCUT2D eigenvalue weighted by Crippen LogP contribution is 2.30. The van der Waals surface area contributed by atoms with Gasteiger partial charge in [0.05, 0.1) is 42.6 Å². The lowest BCUT2D eigenvalue weighted by Gasteiger charge is -2.26. The highest BCUT2D eigenvalue weighted by molar-refractivity contribution is 7.89. The third kappa shape index (κ3) is 5.94. The van der Waals surface area contributed by atoms with Crippen molar-refractivity contribution in [2.45, 2.75) is 4.90 Å². The van der Waals surface area contributed by atoms with Gasteiger partial charge in [0.15, 0.2) is 11.5 Å². The van der Waals surface area contributed by atoms with Crippen molar-refractivity contribution in [1.82, 2.24) is 4.31 Å². The normalized spacial score (nSPS) is 14.4. The number of esters is 1. The lowest BCUT2D eigenvalue weighted by atomic mass is 10.2. The monoisotopic (exact) mass is 530 g/mol. The number of rotatable bonds is 9. The maximum Gasteiger partial charge on any atom is 0.379 e. The Kier molecular flexibility index (Phi) is 7.81. The maximum absolute atomic E-state index is 12.8. The van der Waals surface area contributed by atoms with Crippen molar-refractivity contribution in [2.24, 2.45) is 5.10 Å². The number of nitrogens with zero attached hydrogens (tertiary/aromatic N) is 3. The molecule has 0 unspecified atom stereocenters. The molecule has 3 aromatic rings. The minimum Gasteiger partial charge on any atom is -0.493 e. The summed E-state index contributed by atoms with van der Waals surface area (Å²) in [7, 11) is -2.51. The maximum atomic E-state index is 12.8. The van der Waals surface area contributed by atoms with Crippen molar-refractivity contribution >= 4 is 33.6 Å². The Morgan fingerprint density at radius 3 is 2.62 bits per heavy atom. The fraction of sp³-hybridized carbons (Fsp3) is 0.217. The van der Waals surface area contributed by atoms with E-state index in [1.807, 2.05) is 0 Å². The predicted octanol–water partition coefficient (Wildman–Crippen LogP) is 2.88. The molecule has 1 fully saturated rings. The lowest BCUT2D eigenvalue weighted by Crippen LogP contribution is -2.40. The molecule has 0 bridgehead atoms. The Balaban J connectivity index is 1.49. The van der Waals surface area contributed by atoms with Gasteiger partial charge in [-0.3, -0.25) is 15.5 Å². The highest BCUT2D eigenvalue weighted by atomic mass is 32.2. The van der Waals surface area contributed by atoms with Gasteiger partial charge in [0.25, 0.3) is 5.69 Å². The Bertz CT molecular complexity index is 1420. The lowest BCUT2D eigenvalue weighted by molar-refractivity contribution is -0.384. The summed E-state index contributed by atoms with van der Waals surface area (Å²) in [5.74, 6) is -0.269. The number of benzene rings is 2. The van der Waals surface area contributed by atoms with Crippen LogP contribution in [0.1, 0.15) is 16.1 Å². The van der Waals surface area contributed by atoms with Gasteiger partial charge in [0, 0.05) is 19.2 Å². The molecule has 2 aromatic carbocycles. The number of ether oxygens (including phenoxy) is 3. The van der Waals surface area contributed by atoms with Crippen LogP contribution in [0, 0.1) is 10.1 Å². The van der Waals surface area contributed by atoms with Gasteiger partial charge in [0.2, 0.25) is 15.8 Å². The standard InChI is InChI=1S/C23H22N4O9S/c1-33-22-13-16(4-7-20(22)36-23(28)21-3-2-10-35-21)15-24-25-18-6-5-17(14-19(18)27(29)30)37(31,32)26-8-11-34-12-9-26/h2-7,10,13-15,25H,8-9,11-12H2,1H3/b24-15+. The van der Waals surface area contributed by atoms with Crippen LogP contribution in [0.2, 0.25) is 0 Å². The number of carbonyl (C=O) groups excluding carboxylic acids is 1. The number of furan rings is 1. The number of sulfonamides is 1. The number of morpholine rings is 1. The summed E-state index contributed by atoms with van der Waals surface area (Å²) in [6.07, 6.45) is 2.71. The zero-order valence-corrected chi connectivity index (χ0v) is 20.3. The first-order valence-corrected chi connectivity index (χ1v) is 12.3. The Hall–Kier alpha value is -4.27. The molecule has 0 amide bonds. The minimum absolute atomic E-state index is 0.00172. The molecule has 1 aliphatic rings. The summed E-state index contributed by atoms with van der Waals surface area (Å²) < 4.78 is 47.6. The summed E-state index contributed by atoms with van der Waals surface area (Å²) in [6, 6.07) is 11.2. The van der Waals surface area contributed by atoms with Crippen LogP contribution >= 0.6 is 0 Å². The van der Waals surface area contributed by atoms with Gasteiger partial charge < -0.3 is 18.6 Å². The molecule has 13 nitrogen and oxygen atoms in total. The zero-order valence-electron chi connectivity index (χ0n) is 19.5. The van der Waals surface area contributed by atoms with Crippen LogP contribution in [-0.2, 0) is 14.8 Å². The Morgan fingerprint density at radius 1 is 1.16 bits per heavy atom. The second kappa shape index (κ2) is 11.2. The average Bonchev–Trinajstić information content (AvgIpc) is 3.45. The first kappa shape index (κ1) is 25.8. The van der Waals surface area contributed by atoms with Gasteiger partial charge >= 0.3 is 5.97 Å². The summed E-state index contributed by atoms with van der Waals surface area (Å²) in [5.41, 5.74) is 2.63. The Labute approximate surface area is 211 Å². The molecule has 37 heavy (non-hydrogen) atoms. The van der Waals surface area contributed by atoms with Crippen molar-refractivity contribution in [3.05, 3.63) is 76.2 Å². The summed E-state index contributed by atoms with van der Waals surface area (Å²) in [5, 5.41) is 15.6. The molecule has 1 N–H and O–H groups in total. The molecule has 2 heterocycles. The first-order chi connectivity index (χ1) is 17.8. The second-order valence-corrected chi connectivity index (χ2v) is 9.54. The minimum atomic E-state index is -3.91. The number of nitro benzene ring substituents is 1. The van der Waals surface area contributed by atoms with Crippen molar-refractivity contribution in [3.63, 3.8) is 0 Å². The highest BCUT2D eigenvalue weighted by Gasteiger charge is 2.29. The molecular weight excluding hydrogens is 508 g/mol. The van der Waals surface area contributed by atoms with Crippen LogP contribution in [0.4, 0.5) is 11.4 Å². The predicted molar refractivity (Wildman–Crippen MR) is 131 cm³/mol. The van der Waals surface area contributed by atoms with E-state index < -0.39 is 26.6 Å². The van der Waals surface area contributed by atoms with Crippen LogP contribution in [0.5, 0.6) is 11.5 Å². The van der Waals surface area contributed by atoms with E-state index in [1.165, 1.54) is 48.2 Å². The molecular formula is C23H22N4O9S. The average molecular weight is 531 g/mol. The van der Waals surface area contributed by atoms with E-state index in [-0.39, 0.29) is 54.1 Å². The third-order valence-electron chi connectivity index (χ3n) is 5.29. The van der Waals surface area contributed by atoms with Gasteiger partial charge in [-0.2, -0.15) is 9.41 Å². The number of hydrazone groups is 1. The van der Waals surface area contributed by atoms with Gasteiger partial charge in [-0.05, 0) is 48.0 Å². The van der Waals surface area contributed by atoms with Crippen LogP contribution in [0.25, 0.3) is 0 Å². The van der Waals surface area contributed by atoms with E-state index in [2.05, 4.69) is 10.5 Å². The van der Waals surface area contributed by atoms with Gasteiger partial charge in [-0.25, -0.2) is 13.2 Å². The number of hydrogen-bond donors (Lipinski definition) is 1. The zero-order chi connectivity index (χ0) is 26.4. The van der Waals surface area contributed by atoms with Crippen molar-refractivity contribution in [2.75, 3.05) is 38.8 Å². The number of nitro groups is 1. The molecule has 0 spiro atoms. The van der Waals surface area contributed by atoms with Gasteiger partial charge in [0.1, 0.15) is 5.69 Å². The molecule has 1 aliphatic heterocycles. The summed E-state index contributed by atoms with van der Waals surface area (Å²) in [4.78, 5) is 22.8. The van der Waals surface area contributed by atoms with E-state index in [0.717, 1.165) is 6.07 Å². The van der Waals surface area contributed by atoms with Crippen molar-refractivity contribution < 1.29 is 36.8 Å². The number of methoxy groups -OCH3 is 1. The van der Waals surface area contributed by atoms with Gasteiger partial charge in [-0.1, -0.05) is 0 Å². The number of hydrogen-bond acceptors (Lipinski definition) is 11. The van der Waals surface area contributed by atoms with Crippen LogP contribution < -0.4 is 14.9 Å². The Morgan fingerprint density at radius 2 is 1.95 bits per heavy atom. The van der Waals surface area contributed by atoms with Crippen LogP contribution in [-0.4, -0.2) is 63.2 Å². The topological polar surface area (TPSA) is 163 Å². The largest absolute Gasteiger partial charge is 0.493 e. The SMILES string of the molecule is COc1cc(/C=N/Nc2ccc(S(=O)(=O)N3CCOCC3)cc2[N+](=O)[O-])ccc1OC(=O)c1ccco1. The van der Waals surface area contributed by atoms with E-state index >= 15 is 0 Å². The molecule has 1 aromatic heterocycles. The fourth-order valence-electron chi connectivity index (χ4n) is 3.42. The van der Waals surface area contributed by atoms with E-state index in [9.17, 15) is 23.3 Å².